The van der Waals surface area contributed by atoms with Gasteiger partial charge in [0.1, 0.15) is 4.88 Å². The quantitative estimate of drug-likeness (QED) is 0.881. The van der Waals surface area contributed by atoms with E-state index in [0.29, 0.717) is 17.3 Å². The summed E-state index contributed by atoms with van der Waals surface area (Å²) < 4.78 is 0. The van der Waals surface area contributed by atoms with E-state index >= 15 is 0 Å². The molecule has 0 aliphatic heterocycles. The van der Waals surface area contributed by atoms with Crippen molar-refractivity contribution in [2.24, 2.45) is 0 Å². The third kappa shape index (κ3) is 3.41. The van der Waals surface area contributed by atoms with Crippen LogP contribution >= 0.6 is 11.3 Å². The molecule has 0 saturated carbocycles. The number of aromatic amines is 1. The van der Waals surface area contributed by atoms with Gasteiger partial charge in [-0.1, -0.05) is 13.8 Å². The van der Waals surface area contributed by atoms with E-state index in [4.69, 9.17) is 0 Å². The van der Waals surface area contributed by atoms with Crippen LogP contribution in [0.5, 0.6) is 0 Å². The zero-order valence-corrected chi connectivity index (χ0v) is 12.2. The standard InChI is InChI=1S/C13H18N4OS/c1-8(2)13-17-9(3)11(19-13)12(18)15-5-4-10-6-14-7-16-10/h6-8H,4-5H2,1-3H3,(H,14,16)(H,15,18). The van der Waals surface area contributed by atoms with E-state index in [1.54, 1.807) is 12.5 Å². The minimum absolute atomic E-state index is 0.0404. The minimum atomic E-state index is -0.0404. The molecule has 1 amide bonds. The van der Waals surface area contributed by atoms with Crippen LogP contribution in [0.15, 0.2) is 12.5 Å². The predicted octanol–water partition coefficient (Wildman–Crippen LogP) is 2.27. The highest BCUT2D eigenvalue weighted by atomic mass is 32.1. The molecule has 0 saturated heterocycles. The Morgan fingerprint density at radius 1 is 1.53 bits per heavy atom. The molecule has 2 rings (SSSR count). The third-order valence-electron chi connectivity index (χ3n) is 2.75. The number of imidazole rings is 1. The van der Waals surface area contributed by atoms with Crippen molar-refractivity contribution in [1.29, 1.82) is 0 Å². The molecular formula is C13H18N4OS. The van der Waals surface area contributed by atoms with Crippen molar-refractivity contribution in [1.82, 2.24) is 20.3 Å². The van der Waals surface area contributed by atoms with Gasteiger partial charge in [-0.3, -0.25) is 4.79 Å². The molecule has 0 fully saturated rings. The third-order valence-corrected chi connectivity index (χ3v) is 4.20. The van der Waals surface area contributed by atoms with Gasteiger partial charge < -0.3 is 10.3 Å². The summed E-state index contributed by atoms with van der Waals surface area (Å²) in [6.45, 7) is 6.64. The van der Waals surface area contributed by atoms with Crippen LogP contribution in [-0.4, -0.2) is 27.4 Å². The van der Waals surface area contributed by atoms with E-state index in [0.717, 1.165) is 22.8 Å². The lowest BCUT2D eigenvalue weighted by molar-refractivity contribution is 0.0957. The van der Waals surface area contributed by atoms with Crippen molar-refractivity contribution >= 4 is 17.2 Å². The van der Waals surface area contributed by atoms with Crippen molar-refractivity contribution < 1.29 is 4.79 Å². The maximum atomic E-state index is 12.1. The molecular weight excluding hydrogens is 260 g/mol. The normalized spacial score (nSPS) is 10.9. The first-order valence-electron chi connectivity index (χ1n) is 6.30. The molecule has 0 bridgehead atoms. The first-order valence-corrected chi connectivity index (χ1v) is 7.12. The number of nitrogens with zero attached hydrogens (tertiary/aromatic N) is 2. The SMILES string of the molecule is Cc1nc(C(C)C)sc1C(=O)NCCc1cnc[nH]1. The molecule has 2 N–H and O–H groups in total. The van der Waals surface area contributed by atoms with Crippen LogP contribution in [0, 0.1) is 6.92 Å². The van der Waals surface area contributed by atoms with Gasteiger partial charge in [-0.15, -0.1) is 11.3 Å². The number of hydrogen-bond donors (Lipinski definition) is 2. The molecule has 0 radical (unpaired) electrons. The van der Waals surface area contributed by atoms with E-state index in [-0.39, 0.29) is 5.91 Å². The zero-order chi connectivity index (χ0) is 13.8. The van der Waals surface area contributed by atoms with Gasteiger partial charge >= 0.3 is 0 Å². The second-order valence-electron chi connectivity index (χ2n) is 4.70. The number of hydrogen-bond acceptors (Lipinski definition) is 4. The molecule has 2 aromatic rings. The van der Waals surface area contributed by atoms with Gasteiger partial charge in [0.05, 0.1) is 17.0 Å². The van der Waals surface area contributed by atoms with Gasteiger partial charge in [-0.2, -0.15) is 0 Å². The van der Waals surface area contributed by atoms with Crippen LogP contribution in [0.4, 0.5) is 0 Å². The van der Waals surface area contributed by atoms with Crippen molar-refractivity contribution in [3.63, 3.8) is 0 Å². The average Bonchev–Trinajstić information content (AvgIpc) is 2.98. The van der Waals surface area contributed by atoms with Crippen LogP contribution in [0.25, 0.3) is 0 Å². The molecule has 2 aromatic heterocycles. The van der Waals surface area contributed by atoms with Crippen molar-refractivity contribution in [3.05, 3.63) is 33.8 Å². The molecule has 0 aliphatic carbocycles. The number of thiazole rings is 1. The van der Waals surface area contributed by atoms with E-state index in [1.807, 2.05) is 6.92 Å². The number of carbonyl (C=O) groups excluding carboxylic acids is 1. The summed E-state index contributed by atoms with van der Waals surface area (Å²) in [5, 5.41) is 3.92. The van der Waals surface area contributed by atoms with Crippen molar-refractivity contribution in [2.45, 2.75) is 33.1 Å². The van der Waals surface area contributed by atoms with Gasteiger partial charge in [0.15, 0.2) is 0 Å². The Morgan fingerprint density at radius 3 is 2.89 bits per heavy atom. The lowest BCUT2D eigenvalue weighted by Crippen LogP contribution is -2.25. The monoisotopic (exact) mass is 278 g/mol. The highest BCUT2D eigenvalue weighted by molar-refractivity contribution is 7.13. The largest absolute Gasteiger partial charge is 0.351 e. The fourth-order valence-corrected chi connectivity index (χ4v) is 2.67. The topological polar surface area (TPSA) is 70.7 Å². The van der Waals surface area contributed by atoms with Gasteiger partial charge in [-0.25, -0.2) is 9.97 Å². The molecule has 2 heterocycles. The lowest BCUT2D eigenvalue weighted by Gasteiger charge is -2.02. The van der Waals surface area contributed by atoms with Crippen molar-refractivity contribution in [3.8, 4) is 0 Å². The summed E-state index contributed by atoms with van der Waals surface area (Å²) in [5.41, 5.74) is 1.83. The summed E-state index contributed by atoms with van der Waals surface area (Å²) >= 11 is 1.48. The Balaban J connectivity index is 1.92. The molecule has 0 spiro atoms. The predicted molar refractivity (Wildman–Crippen MR) is 75.6 cm³/mol. The van der Waals surface area contributed by atoms with Gasteiger partial charge in [0.25, 0.3) is 5.91 Å². The number of aryl methyl sites for hydroxylation is 1. The molecule has 6 heteroatoms. The molecule has 5 nitrogen and oxygen atoms in total. The zero-order valence-electron chi connectivity index (χ0n) is 11.4. The number of amides is 1. The number of aromatic nitrogens is 3. The fraction of sp³-hybridized carbons (Fsp3) is 0.462. The fourth-order valence-electron chi connectivity index (χ4n) is 1.69. The maximum Gasteiger partial charge on any atom is 0.263 e. The summed E-state index contributed by atoms with van der Waals surface area (Å²) in [5.74, 6) is 0.316. The second-order valence-corrected chi connectivity index (χ2v) is 5.73. The van der Waals surface area contributed by atoms with Crippen LogP contribution in [0.2, 0.25) is 0 Å². The Kier molecular flexibility index (Phi) is 4.31. The Hall–Kier alpha value is -1.69. The summed E-state index contributed by atoms with van der Waals surface area (Å²) in [6, 6.07) is 0. The summed E-state index contributed by atoms with van der Waals surface area (Å²) in [6.07, 6.45) is 4.15. The maximum absolute atomic E-state index is 12.1. The summed E-state index contributed by atoms with van der Waals surface area (Å²) in [4.78, 5) is 24.2. The molecule has 19 heavy (non-hydrogen) atoms. The Bertz CT molecular complexity index is 545. The first-order chi connectivity index (χ1) is 9.08. The second kappa shape index (κ2) is 5.97. The van der Waals surface area contributed by atoms with Crippen molar-refractivity contribution in [2.75, 3.05) is 6.54 Å². The van der Waals surface area contributed by atoms with Crippen LogP contribution in [0.1, 0.15) is 45.8 Å². The van der Waals surface area contributed by atoms with Crippen LogP contribution in [-0.2, 0) is 6.42 Å². The number of nitrogens with one attached hydrogen (secondary N) is 2. The van der Waals surface area contributed by atoms with Gasteiger partial charge in [-0.05, 0) is 6.92 Å². The van der Waals surface area contributed by atoms with Gasteiger partial charge in [0.2, 0.25) is 0 Å². The number of rotatable bonds is 5. The number of H-pyrrole nitrogens is 1. The smallest absolute Gasteiger partial charge is 0.263 e. The Morgan fingerprint density at radius 2 is 2.32 bits per heavy atom. The highest BCUT2D eigenvalue weighted by Crippen LogP contribution is 2.24. The van der Waals surface area contributed by atoms with Crippen LogP contribution in [0.3, 0.4) is 0 Å². The minimum Gasteiger partial charge on any atom is -0.351 e. The van der Waals surface area contributed by atoms with Gasteiger partial charge in [0, 0.05) is 30.8 Å². The van der Waals surface area contributed by atoms with E-state index < -0.39 is 0 Å². The number of carbonyl (C=O) groups is 1. The van der Waals surface area contributed by atoms with E-state index in [9.17, 15) is 4.79 Å². The van der Waals surface area contributed by atoms with Crippen LogP contribution < -0.4 is 5.32 Å². The first kappa shape index (κ1) is 13.7. The molecule has 0 atom stereocenters. The highest BCUT2D eigenvalue weighted by Gasteiger charge is 2.16. The van der Waals surface area contributed by atoms with E-state index in [2.05, 4.69) is 34.1 Å². The molecule has 0 aliphatic rings. The Labute approximate surface area is 116 Å². The lowest BCUT2D eigenvalue weighted by atomic mass is 10.2. The summed E-state index contributed by atoms with van der Waals surface area (Å²) in [7, 11) is 0. The van der Waals surface area contributed by atoms with E-state index in [1.165, 1.54) is 11.3 Å². The molecule has 0 aromatic carbocycles. The molecule has 0 unspecified atom stereocenters. The average molecular weight is 278 g/mol. The molecule has 102 valence electrons.